The van der Waals surface area contributed by atoms with Crippen molar-refractivity contribution in [3.8, 4) is 0 Å². The molecule has 0 amide bonds. The molecule has 0 aliphatic carbocycles. The predicted molar refractivity (Wildman–Crippen MR) is 188 cm³/mol. The lowest BCUT2D eigenvalue weighted by Gasteiger charge is -2.47. The zero-order valence-corrected chi connectivity index (χ0v) is 31.9. The second kappa shape index (κ2) is 13.6. The van der Waals surface area contributed by atoms with E-state index in [-0.39, 0.29) is 0 Å². The van der Waals surface area contributed by atoms with Gasteiger partial charge in [-0.3, -0.25) is 0 Å². The molecule has 0 saturated carbocycles. The van der Waals surface area contributed by atoms with E-state index < -0.39 is 24.2 Å². The van der Waals surface area contributed by atoms with Crippen molar-refractivity contribution in [2.45, 2.75) is 149 Å². The van der Waals surface area contributed by atoms with Crippen molar-refractivity contribution in [2.75, 3.05) is 0 Å². The first-order chi connectivity index (χ1) is 16.8. The minimum absolute atomic E-state index is 0.301. The molecule has 2 rings (SSSR count). The van der Waals surface area contributed by atoms with Crippen molar-refractivity contribution in [1.29, 1.82) is 0 Å². The van der Waals surface area contributed by atoms with Gasteiger partial charge in [-0.25, -0.2) is 0 Å². The van der Waals surface area contributed by atoms with E-state index in [4.69, 9.17) is 0 Å². The van der Waals surface area contributed by atoms with Crippen molar-refractivity contribution in [3.05, 3.63) is 60.7 Å². The lowest BCUT2D eigenvalue weighted by atomic mass is 10.2. The fourth-order valence-electron chi connectivity index (χ4n) is 4.97. The average Bonchev–Trinajstić information content (AvgIpc) is 2.76. The molecule has 0 radical (unpaired) electrons. The van der Waals surface area contributed by atoms with Crippen molar-refractivity contribution in [3.63, 3.8) is 0 Å². The van der Waals surface area contributed by atoms with Crippen LogP contribution in [-0.4, -0.2) is 24.2 Å². The molecule has 0 fully saturated rings. The Morgan fingerprint density at radius 3 is 0.842 bits per heavy atom. The van der Waals surface area contributed by atoms with Crippen LogP contribution in [0.4, 0.5) is 0 Å². The largest absolute Gasteiger partial charge is 0.120 e. The van der Waals surface area contributed by atoms with Gasteiger partial charge in [-0.15, -0.1) is 0 Å². The maximum Gasteiger partial charge on any atom is 0.120 e. The van der Waals surface area contributed by atoms with Crippen LogP contribution in [-0.2, 0) is 0 Å². The van der Waals surface area contributed by atoms with Crippen molar-refractivity contribution in [2.24, 2.45) is 0 Å². The molecule has 0 nitrogen and oxygen atoms in total. The van der Waals surface area contributed by atoms with Gasteiger partial charge in [0.1, 0.15) is 8.07 Å². The molecule has 0 bridgehead atoms. The Kier molecular flexibility index (Phi) is 13.3. The molecule has 2 aromatic rings. The number of hydrogen-bond donors (Lipinski definition) is 0. The highest BCUT2D eigenvalue weighted by atomic mass is 28.3. The summed E-state index contributed by atoms with van der Waals surface area (Å²) in [5.74, 6) is 0. The first-order valence-electron chi connectivity index (χ1n) is 15.0. The van der Waals surface area contributed by atoms with Crippen LogP contribution in [0.3, 0.4) is 0 Å². The molecule has 0 heterocycles. The second-order valence-electron chi connectivity index (χ2n) is 16.4. The molecule has 0 atom stereocenters. The summed E-state index contributed by atoms with van der Waals surface area (Å²) < 4.78 is 0. The number of benzene rings is 2. The van der Waals surface area contributed by atoms with Gasteiger partial charge < -0.3 is 0 Å². The summed E-state index contributed by atoms with van der Waals surface area (Å²) >= 11 is 0. The smallest absolute Gasteiger partial charge is 0.0692 e. The third kappa shape index (κ3) is 9.34. The van der Waals surface area contributed by atoms with Gasteiger partial charge in [0.05, 0.1) is 8.07 Å². The molecular weight excluding hydrogens is 505 g/mol. The monoisotopic (exact) mass is 570 g/mol. The molecule has 0 saturated heterocycles. The minimum atomic E-state index is -1.70. The van der Waals surface area contributed by atoms with Gasteiger partial charge in [-0.2, -0.15) is 0 Å². The minimum Gasteiger partial charge on any atom is -0.0692 e. The van der Waals surface area contributed by atoms with Crippen LogP contribution in [0.15, 0.2) is 60.7 Å². The lowest BCUT2D eigenvalue weighted by molar-refractivity contribution is 0.663. The summed E-state index contributed by atoms with van der Waals surface area (Å²) in [6, 6.07) is 22.0. The Hall–Kier alpha value is -0.909. The molecule has 218 valence electrons. The van der Waals surface area contributed by atoms with Gasteiger partial charge >= 0.3 is 0 Å². The average molecular weight is 571 g/mol. The Morgan fingerprint density at radius 2 is 0.711 bits per heavy atom. The van der Waals surface area contributed by atoms with Crippen LogP contribution in [0.1, 0.15) is 90.0 Å². The van der Waals surface area contributed by atoms with E-state index in [1.165, 1.54) is 10.4 Å². The van der Waals surface area contributed by atoms with Crippen LogP contribution < -0.4 is 10.4 Å². The molecule has 0 N–H and O–H groups in total. The van der Waals surface area contributed by atoms with Gasteiger partial charge in [-0.1, -0.05) is 205 Å². The summed E-state index contributed by atoms with van der Waals surface area (Å²) in [7, 11) is -3.67. The highest BCUT2D eigenvalue weighted by Gasteiger charge is 2.44. The highest BCUT2D eigenvalue weighted by molar-refractivity contribution is 7.03. The zero-order chi connectivity index (χ0) is 30.4. The van der Waals surface area contributed by atoms with E-state index in [1.54, 1.807) is 0 Å². The van der Waals surface area contributed by atoms with Gasteiger partial charge in [0.2, 0.25) is 0 Å². The summed E-state index contributed by atoms with van der Waals surface area (Å²) in [4.78, 5) is 0. The molecule has 0 aliphatic heterocycles. The molecule has 0 unspecified atom stereocenters. The quantitative estimate of drug-likeness (QED) is 0.321. The number of hydrogen-bond acceptors (Lipinski definition) is 0. The van der Waals surface area contributed by atoms with E-state index in [0.29, 0.717) is 15.1 Å². The fourth-order valence-corrected chi connectivity index (χ4v) is 13.6. The molecule has 0 aliphatic rings. The van der Waals surface area contributed by atoms with Crippen LogP contribution in [0, 0.1) is 0 Å². The molecule has 2 aromatic carbocycles. The zero-order valence-electron chi connectivity index (χ0n) is 28.9. The van der Waals surface area contributed by atoms with Gasteiger partial charge in [0, 0.05) is 8.07 Å². The van der Waals surface area contributed by atoms with E-state index >= 15 is 0 Å². The predicted octanol–water partition coefficient (Wildman–Crippen LogP) is 11.5. The van der Waals surface area contributed by atoms with Crippen LogP contribution in [0.25, 0.3) is 0 Å². The summed E-state index contributed by atoms with van der Waals surface area (Å²) in [6.45, 7) is 43.2. The Labute approximate surface area is 243 Å². The summed E-state index contributed by atoms with van der Waals surface area (Å²) in [5.41, 5.74) is 1.77. The van der Waals surface area contributed by atoms with E-state index in [2.05, 4.69) is 183 Å². The van der Waals surface area contributed by atoms with E-state index in [0.717, 1.165) is 11.1 Å². The lowest BCUT2D eigenvalue weighted by Crippen LogP contribution is -2.61. The van der Waals surface area contributed by atoms with Gasteiger partial charge in [-0.05, 0) is 15.1 Å². The Morgan fingerprint density at radius 1 is 0.447 bits per heavy atom. The van der Waals surface area contributed by atoms with Crippen molar-refractivity contribution < 1.29 is 0 Å². The standard InChI is InChI=1S/C17H22Si.C11H26Si.C7H18Si/c1-17(2,3)18(4,15-11-7-5-8-12-15)16-13-9-6-10-14-16;1-9(2)12(8,10(3)4)11(5,6)7;1-7(2,3)8(4,5)6/h5-14H,1-4H3;9-10H,1-8H3;1-6H3. The maximum absolute atomic E-state index is 2.56. The SMILES string of the molecule is CC(C)(C)[Si](C)(C)C.CC(C)(C)[Si](C)(c1ccccc1)c1ccccc1.CC(C)[Si](C)(C(C)C)C(C)(C)C. The normalized spacial score (nSPS) is 13.5. The van der Waals surface area contributed by atoms with Crippen LogP contribution in [0.5, 0.6) is 0 Å². The summed E-state index contributed by atoms with van der Waals surface area (Å²) in [6.07, 6.45) is 0. The summed E-state index contributed by atoms with van der Waals surface area (Å²) in [5, 5.41) is 4.45. The van der Waals surface area contributed by atoms with Crippen LogP contribution in [0.2, 0.25) is 58.9 Å². The van der Waals surface area contributed by atoms with Crippen LogP contribution >= 0.6 is 0 Å². The van der Waals surface area contributed by atoms with Gasteiger partial charge in [0.15, 0.2) is 0 Å². The highest BCUT2D eigenvalue weighted by Crippen LogP contribution is 2.49. The van der Waals surface area contributed by atoms with E-state index in [9.17, 15) is 0 Å². The Bertz CT molecular complexity index is 856. The molecule has 0 aromatic heterocycles. The maximum atomic E-state index is 2.56. The first-order valence-corrected chi connectivity index (χ1v) is 23.6. The van der Waals surface area contributed by atoms with Gasteiger partial charge in [0.25, 0.3) is 0 Å². The third-order valence-corrected chi connectivity index (χ3v) is 29.0. The molecule has 38 heavy (non-hydrogen) atoms. The topological polar surface area (TPSA) is 0 Å². The van der Waals surface area contributed by atoms with Crippen molar-refractivity contribution in [1.82, 2.24) is 0 Å². The third-order valence-electron chi connectivity index (χ3n) is 10.5. The fraction of sp³-hybridized carbons (Fsp3) is 0.657. The first kappa shape index (κ1) is 37.1. The van der Waals surface area contributed by atoms with Crippen molar-refractivity contribution >= 4 is 34.6 Å². The number of rotatable bonds is 4. The molecule has 0 spiro atoms. The molecule has 3 heteroatoms. The Balaban J connectivity index is 0.000000594. The molecular formula is C35H66Si3. The second-order valence-corrected chi connectivity index (χ2v) is 33.7. The van der Waals surface area contributed by atoms with E-state index in [1.807, 2.05) is 0 Å².